The van der Waals surface area contributed by atoms with Gasteiger partial charge in [-0.05, 0) is 18.5 Å². The van der Waals surface area contributed by atoms with E-state index in [0.717, 1.165) is 13.1 Å². The molecule has 0 unspecified atom stereocenters. The number of hydrogen-bond donors (Lipinski definition) is 1. The Bertz CT molecular complexity index is 302. The van der Waals surface area contributed by atoms with Gasteiger partial charge in [-0.25, -0.2) is 0 Å². The van der Waals surface area contributed by atoms with Crippen molar-refractivity contribution in [1.82, 2.24) is 4.90 Å². The van der Waals surface area contributed by atoms with Crippen LogP contribution in [-0.4, -0.2) is 30.6 Å². The maximum absolute atomic E-state index is 6.19. The average molecular weight is 241 g/mol. The van der Waals surface area contributed by atoms with Crippen molar-refractivity contribution in [2.24, 2.45) is 5.73 Å². The summed E-state index contributed by atoms with van der Waals surface area (Å²) in [6, 6.07) is 11.0. The van der Waals surface area contributed by atoms with E-state index in [1.165, 1.54) is 18.5 Å². The van der Waals surface area contributed by atoms with Crippen LogP contribution in [0.25, 0.3) is 0 Å². The van der Waals surface area contributed by atoms with Crippen LogP contribution in [0.15, 0.2) is 30.3 Å². The minimum Gasteiger partial charge on any atom is -0.326 e. The van der Waals surface area contributed by atoms with Crippen LogP contribution in [0.1, 0.15) is 24.8 Å². The maximum atomic E-state index is 6.19. The number of nitrogens with two attached hydrogens (primary N) is 1. The number of benzene rings is 1. The average Bonchev–Trinajstić information content (AvgIpc) is 2.61. The van der Waals surface area contributed by atoms with Crippen molar-refractivity contribution in [2.45, 2.75) is 25.3 Å². The summed E-state index contributed by atoms with van der Waals surface area (Å²) in [5, 5.41) is 0. The molecule has 90 valence electrons. The van der Waals surface area contributed by atoms with Crippen LogP contribution in [0.4, 0.5) is 0 Å². The molecule has 0 aromatic heterocycles. The second-order valence-corrected chi connectivity index (χ2v) is 4.44. The quantitative estimate of drug-likeness (QED) is 0.878. The van der Waals surface area contributed by atoms with Gasteiger partial charge < -0.3 is 10.6 Å². The minimum atomic E-state index is 0. The predicted molar refractivity (Wildman–Crippen MR) is 71.1 cm³/mol. The Balaban J connectivity index is 0.00000128. The third kappa shape index (κ3) is 2.97. The van der Waals surface area contributed by atoms with E-state index in [2.05, 4.69) is 42.2 Å². The van der Waals surface area contributed by atoms with Gasteiger partial charge in [0.05, 0.1) is 0 Å². The normalized spacial score (nSPS) is 25.4. The van der Waals surface area contributed by atoms with Gasteiger partial charge in [0.15, 0.2) is 0 Å². The highest BCUT2D eigenvalue weighted by molar-refractivity contribution is 5.85. The van der Waals surface area contributed by atoms with Crippen LogP contribution in [0, 0.1) is 0 Å². The summed E-state index contributed by atoms with van der Waals surface area (Å²) < 4.78 is 0. The summed E-state index contributed by atoms with van der Waals surface area (Å²) in [5.41, 5.74) is 7.58. The fourth-order valence-electron chi connectivity index (χ4n) is 2.47. The third-order valence-electron chi connectivity index (χ3n) is 3.21. The van der Waals surface area contributed by atoms with Crippen LogP contribution in [0.2, 0.25) is 0 Å². The van der Waals surface area contributed by atoms with E-state index in [4.69, 9.17) is 5.73 Å². The molecule has 3 heteroatoms. The lowest BCUT2D eigenvalue weighted by molar-refractivity contribution is 0.332. The van der Waals surface area contributed by atoms with Crippen LogP contribution in [0.3, 0.4) is 0 Å². The molecule has 0 aliphatic carbocycles. The molecule has 16 heavy (non-hydrogen) atoms. The van der Waals surface area contributed by atoms with Gasteiger partial charge in [-0.2, -0.15) is 0 Å². The molecular formula is C13H21ClN2. The molecule has 1 aromatic rings. The van der Waals surface area contributed by atoms with Gasteiger partial charge in [-0.1, -0.05) is 37.3 Å². The first kappa shape index (κ1) is 13.5. The lowest BCUT2D eigenvalue weighted by Gasteiger charge is -2.15. The molecule has 2 rings (SSSR count). The first-order valence-corrected chi connectivity index (χ1v) is 5.84. The first-order chi connectivity index (χ1) is 7.31. The van der Waals surface area contributed by atoms with Crippen molar-refractivity contribution >= 4 is 12.4 Å². The van der Waals surface area contributed by atoms with Crippen LogP contribution >= 0.6 is 12.4 Å². The standard InChI is InChI=1S/C13H20N2.ClH/c1-2-8-15-9-12(13(14)10-15)11-6-4-3-5-7-11;/h3-7,12-13H,2,8-10,14H2,1H3;1H/t12-,13+;/m0./s1. The Morgan fingerprint density at radius 3 is 2.56 bits per heavy atom. The van der Waals surface area contributed by atoms with Crippen LogP contribution in [0.5, 0.6) is 0 Å². The van der Waals surface area contributed by atoms with E-state index in [0.29, 0.717) is 12.0 Å². The second kappa shape index (κ2) is 6.24. The Hall–Kier alpha value is -0.570. The van der Waals surface area contributed by atoms with Gasteiger partial charge in [0.2, 0.25) is 0 Å². The highest BCUT2D eigenvalue weighted by atomic mass is 35.5. The Kier molecular flexibility index (Phi) is 5.26. The van der Waals surface area contributed by atoms with Crippen molar-refractivity contribution in [3.63, 3.8) is 0 Å². The van der Waals surface area contributed by atoms with E-state index >= 15 is 0 Å². The Morgan fingerprint density at radius 1 is 1.25 bits per heavy atom. The molecular weight excluding hydrogens is 220 g/mol. The highest BCUT2D eigenvalue weighted by Gasteiger charge is 2.30. The molecule has 1 aliphatic heterocycles. The summed E-state index contributed by atoms with van der Waals surface area (Å²) in [6.07, 6.45) is 1.22. The Labute approximate surface area is 104 Å². The predicted octanol–water partition coefficient (Wildman–Crippen LogP) is 2.24. The van der Waals surface area contributed by atoms with Gasteiger partial charge in [-0.3, -0.25) is 0 Å². The zero-order valence-electron chi connectivity index (χ0n) is 9.80. The molecule has 1 aliphatic rings. The van der Waals surface area contributed by atoms with Gasteiger partial charge in [0.1, 0.15) is 0 Å². The third-order valence-corrected chi connectivity index (χ3v) is 3.21. The van der Waals surface area contributed by atoms with E-state index in [-0.39, 0.29) is 12.4 Å². The van der Waals surface area contributed by atoms with Crippen molar-refractivity contribution in [2.75, 3.05) is 19.6 Å². The van der Waals surface area contributed by atoms with Gasteiger partial charge in [0, 0.05) is 25.0 Å². The number of halogens is 1. The highest BCUT2D eigenvalue weighted by Crippen LogP contribution is 2.26. The van der Waals surface area contributed by atoms with Gasteiger partial charge in [-0.15, -0.1) is 12.4 Å². The molecule has 0 saturated carbocycles. The Morgan fingerprint density at radius 2 is 1.94 bits per heavy atom. The number of likely N-dealkylation sites (tertiary alicyclic amines) is 1. The number of rotatable bonds is 3. The van der Waals surface area contributed by atoms with Gasteiger partial charge in [0.25, 0.3) is 0 Å². The first-order valence-electron chi connectivity index (χ1n) is 5.84. The van der Waals surface area contributed by atoms with Gasteiger partial charge >= 0.3 is 0 Å². The molecule has 1 fully saturated rings. The summed E-state index contributed by atoms with van der Waals surface area (Å²) in [6.45, 7) is 5.57. The number of nitrogens with zero attached hydrogens (tertiary/aromatic N) is 1. The summed E-state index contributed by atoms with van der Waals surface area (Å²) >= 11 is 0. The molecule has 0 amide bonds. The monoisotopic (exact) mass is 240 g/mol. The molecule has 0 spiro atoms. The van der Waals surface area contributed by atoms with Crippen molar-refractivity contribution in [1.29, 1.82) is 0 Å². The minimum absolute atomic E-state index is 0. The SMILES string of the molecule is CCCN1C[C@@H](N)[C@H](c2ccccc2)C1.Cl. The van der Waals surface area contributed by atoms with Crippen LogP contribution < -0.4 is 5.73 Å². The number of hydrogen-bond acceptors (Lipinski definition) is 2. The zero-order chi connectivity index (χ0) is 10.7. The summed E-state index contributed by atoms with van der Waals surface area (Å²) in [7, 11) is 0. The summed E-state index contributed by atoms with van der Waals surface area (Å²) in [4.78, 5) is 2.47. The molecule has 2 atom stereocenters. The molecule has 1 saturated heterocycles. The van der Waals surface area contributed by atoms with Crippen molar-refractivity contribution in [3.05, 3.63) is 35.9 Å². The largest absolute Gasteiger partial charge is 0.326 e. The molecule has 2 N–H and O–H groups in total. The lowest BCUT2D eigenvalue weighted by atomic mass is 9.95. The molecule has 1 heterocycles. The van der Waals surface area contributed by atoms with Crippen LogP contribution in [-0.2, 0) is 0 Å². The maximum Gasteiger partial charge on any atom is 0.0249 e. The molecule has 0 radical (unpaired) electrons. The fraction of sp³-hybridized carbons (Fsp3) is 0.538. The fourth-order valence-corrected chi connectivity index (χ4v) is 2.47. The zero-order valence-corrected chi connectivity index (χ0v) is 10.6. The smallest absolute Gasteiger partial charge is 0.0249 e. The molecule has 2 nitrogen and oxygen atoms in total. The second-order valence-electron chi connectivity index (χ2n) is 4.44. The van der Waals surface area contributed by atoms with E-state index < -0.39 is 0 Å². The van der Waals surface area contributed by atoms with Crippen molar-refractivity contribution in [3.8, 4) is 0 Å². The molecule has 0 bridgehead atoms. The molecule has 1 aromatic carbocycles. The lowest BCUT2D eigenvalue weighted by Crippen LogP contribution is -2.29. The topological polar surface area (TPSA) is 29.3 Å². The van der Waals surface area contributed by atoms with E-state index in [9.17, 15) is 0 Å². The summed E-state index contributed by atoms with van der Waals surface area (Å²) in [5.74, 6) is 0.526. The van der Waals surface area contributed by atoms with E-state index in [1.807, 2.05) is 0 Å². The van der Waals surface area contributed by atoms with E-state index in [1.54, 1.807) is 0 Å². The van der Waals surface area contributed by atoms with Crippen molar-refractivity contribution < 1.29 is 0 Å².